The third kappa shape index (κ3) is 2.30. The van der Waals surface area contributed by atoms with Crippen molar-refractivity contribution in [2.24, 2.45) is 0 Å². The van der Waals surface area contributed by atoms with Crippen LogP contribution in [0.2, 0.25) is 0 Å². The number of sulfonamides is 1. The van der Waals surface area contributed by atoms with Crippen molar-refractivity contribution in [3.8, 4) is 0 Å². The number of carbonyl (C=O) groups excluding carboxylic acids is 1. The van der Waals surface area contributed by atoms with E-state index in [1.165, 1.54) is 12.3 Å². The fourth-order valence-electron chi connectivity index (χ4n) is 1.74. The van der Waals surface area contributed by atoms with Gasteiger partial charge in [0.05, 0.1) is 0 Å². The highest BCUT2D eigenvalue weighted by Crippen LogP contribution is 2.28. The van der Waals surface area contributed by atoms with Crippen molar-refractivity contribution in [2.75, 3.05) is 5.32 Å². The number of hydrogen-bond donors (Lipinski definition) is 2. The van der Waals surface area contributed by atoms with E-state index in [2.05, 4.69) is 15.0 Å². The molecule has 0 saturated carbocycles. The molecule has 0 unspecified atom stereocenters. The van der Waals surface area contributed by atoms with Crippen LogP contribution < -0.4 is 10.0 Å². The quantitative estimate of drug-likeness (QED) is 0.878. The SMILES string of the molecule is O=C(Nc1ccccn1)C1=Cc2ccsc2S(=O)(=O)N1. The Balaban J connectivity index is 1.91. The van der Waals surface area contributed by atoms with Crippen LogP contribution in [0.25, 0.3) is 6.08 Å². The predicted octanol–water partition coefficient (Wildman–Crippen LogP) is 1.41. The van der Waals surface area contributed by atoms with Crippen molar-refractivity contribution < 1.29 is 13.2 Å². The zero-order valence-electron chi connectivity index (χ0n) is 10.0. The number of rotatable bonds is 2. The van der Waals surface area contributed by atoms with Crippen molar-refractivity contribution in [1.82, 2.24) is 9.71 Å². The van der Waals surface area contributed by atoms with Crippen molar-refractivity contribution in [2.45, 2.75) is 4.21 Å². The fourth-order valence-corrected chi connectivity index (χ4v) is 4.11. The van der Waals surface area contributed by atoms with Crippen molar-refractivity contribution >= 4 is 39.2 Å². The first-order valence-corrected chi connectivity index (χ1v) is 7.97. The minimum absolute atomic E-state index is 0.0263. The Kier molecular flexibility index (Phi) is 3.03. The fraction of sp³-hybridized carbons (Fsp3) is 0. The number of pyridine rings is 1. The molecule has 6 nitrogen and oxygen atoms in total. The van der Waals surface area contributed by atoms with Gasteiger partial charge in [0.1, 0.15) is 15.7 Å². The third-order valence-electron chi connectivity index (χ3n) is 2.60. The molecule has 2 aromatic heterocycles. The average molecular weight is 307 g/mol. The van der Waals surface area contributed by atoms with E-state index in [-0.39, 0.29) is 9.91 Å². The maximum absolute atomic E-state index is 12.0. The smallest absolute Gasteiger partial charge is 0.273 e. The van der Waals surface area contributed by atoms with E-state index in [9.17, 15) is 13.2 Å². The van der Waals surface area contributed by atoms with Gasteiger partial charge in [-0.05, 0) is 29.7 Å². The van der Waals surface area contributed by atoms with Crippen molar-refractivity contribution in [1.29, 1.82) is 0 Å². The second kappa shape index (κ2) is 4.73. The molecule has 8 heteroatoms. The van der Waals surface area contributed by atoms with Crippen LogP contribution in [-0.4, -0.2) is 19.3 Å². The summed E-state index contributed by atoms with van der Waals surface area (Å²) in [5.41, 5.74) is 0.487. The summed E-state index contributed by atoms with van der Waals surface area (Å²) in [4.78, 5) is 16.0. The maximum atomic E-state index is 12.0. The lowest BCUT2D eigenvalue weighted by molar-refractivity contribution is -0.113. The molecule has 1 aliphatic rings. The Morgan fingerprint density at radius 1 is 1.30 bits per heavy atom. The van der Waals surface area contributed by atoms with Gasteiger partial charge in [0.2, 0.25) is 0 Å². The van der Waals surface area contributed by atoms with Gasteiger partial charge in [0.25, 0.3) is 15.9 Å². The highest BCUT2D eigenvalue weighted by molar-refractivity contribution is 7.91. The standard InChI is InChI=1S/C12H9N3O3S2/c16-11(14-10-3-1-2-5-13-10)9-7-8-4-6-19-12(8)20(17,18)15-9/h1-7,15H,(H,13,14,16). The number of anilines is 1. The molecule has 1 aliphatic heterocycles. The van der Waals surface area contributed by atoms with Crippen LogP contribution in [0, 0.1) is 0 Å². The van der Waals surface area contributed by atoms with Gasteiger partial charge >= 0.3 is 0 Å². The summed E-state index contributed by atoms with van der Waals surface area (Å²) >= 11 is 1.11. The first-order chi connectivity index (χ1) is 9.56. The van der Waals surface area contributed by atoms with E-state index in [4.69, 9.17) is 0 Å². The number of fused-ring (bicyclic) bond motifs is 1. The molecule has 0 atom stereocenters. The van der Waals surface area contributed by atoms with Gasteiger partial charge in [0, 0.05) is 11.8 Å². The zero-order chi connectivity index (χ0) is 14.2. The Hall–Kier alpha value is -2.19. The molecule has 0 radical (unpaired) electrons. The molecule has 20 heavy (non-hydrogen) atoms. The lowest BCUT2D eigenvalue weighted by Crippen LogP contribution is -2.33. The van der Waals surface area contributed by atoms with E-state index >= 15 is 0 Å². The number of hydrogen-bond acceptors (Lipinski definition) is 5. The molecular weight excluding hydrogens is 298 g/mol. The summed E-state index contributed by atoms with van der Waals surface area (Å²) < 4.78 is 26.4. The molecule has 0 saturated heterocycles. The maximum Gasteiger partial charge on any atom is 0.273 e. The first kappa shape index (κ1) is 12.8. The monoisotopic (exact) mass is 307 g/mol. The minimum atomic E-state index is -3.67. The minimum Gasteiger partial charge on any atom is -0.305 e. The van der Waals surface area contributed by atoms with E-state index in [1.54, 1.807) is 29.6 Å². The normalized spacial score (nSPS) is 15.7. The summed E-state index contributed by atoms with van der Waals surface area (Å²) in [6, 6.07) is 6.72. The Bertz CT molecular complexity index is 794. The lowest BCUT2D eigenvalue weighted by Gasteiger charge is -2.15. The summed E-state index contributed by atoms with van der Waals surface area (Å²) in [6.45, 7) is 0. The number of amides is 1. The molecule has 0 fully saturated rings. The number of aromatic nitrogens is 1. The van der Waals surface area contributed by atoms with Crippen molar-refractivity contribution in [3.05, 3.63) is 47.1 Å². The van der Waals surface area contributed by atoms with E-state index < -0.39 is 15.9 Å². The molecular formula is C12H9N3O3S2. The Labute approximate surface area is 119 Å². The summed E-state index contributed by atoms with van der Waals surface area (Å²) in [6.07, 6.45) is 3.04. The molecule has 2 N–H and O–H groups in total. The number of nitrogens with one attached hydrogen (secondary N) is 2. The highest BCUT2D eigenvalue weighted by Gasteiger charge is 2.28. The molecule has 2 aromatic rings. The van der Waals surface area contributed by atoms with Gasteiger partial charge < -0.3 is 5.32 Å². The van der Waals surface area contributed by atoms with Crippen molar-refractivity contribution in [3.63, 3.8) is 0 Å². The number of thiophene rings is 1. The van der Waals surface area contributed by atoms with Crippen LogP contribution in [0.15, 0.2) is 45.7 Å². The Morgan fingerprint density at radius 2 is 2.15 bits per heavy atom. The first-order valence-electron chi connectivity index (χ1n) is 5.61. The van der Waals surface area contributed by atoms with Gasteiger partial charge in [-0.3, -0.25) is 9.52 Å². The highest BCUT2D eigenvalue weighted by atomic mass is 32.2. The van der Waals surface area contributed by atoms with Crippen LogP contribution in [0.3, 0.4) is 0 Å². The second-order valence-corrected chi connectivity index (χ2v) is 6.79. The molecule has 0 bridgehead atoms. The van der Waals surface area contributed by atoms with Gasteiger partial charge in [-0.2, -0.15) is 0 Å². The van der Waals surface area contributed by atoms with Gasteiger partial charge in [-0.1, -0.05) is 6.07 Å². The third-order valence-corrected chi connectivity index (χ3v) is 5.48. The molecule has 3 rings (SSSR count). The van der Waals surface area contributed by atoms with E-state index in [1.807, 2.05) is 0 Å². The second-order valence-electron chi connectivity index (χ2n) is 4.00. The molecule has 0 spiro atoms. The zero-order valence-corrected chi connectivity index (χ0v) is 11.7. The summed E-state index contributed by atoms with van der Waals surface area (Å²) in [5.74, 6) is -0.196. The van der Waals surface area contributed by atoms with E-state index in [0.717, 1.165) is 11.3 Å². The molecule has 3 heterocycles. The van der Waals surface area contributed by atoms with Crippen LogP contribution >= 0.6 is 11.3 Å². The van der Waals surface area contributed by atoms with E-state index in [0.29, 0.717) is 11.4 Å². The van der Waals surface area contributed by atoms with Gasteiger partial charge in [-0.25, -0.2) is 13.4 Å². The largest absolute Gasteiger partial charge is 0.305 e. The molecule has 0 aliphatic carbocycles. The number of carbonyl (C=O) groups is 1. The Morgan fingerprint density at radius 3 is 2.90 bits per heavy atom. The van der Waals surface area contributed by atoms with Gasteiger partial charge in [-0.15, -0.1) is 11.3 Å². The average Bonchev–Trinajstić information content (AvgIpc) is 2.88. The van der Waals surface area contributed by atoms with Gasteiger partial charge in [0.15, 0.2) is 0 Å². The van der Waals surface area contributed by atoms with Crippen LogP contribution in [0.1, 0.15) is 5.56 Å². The predicted molar refractivity (Wildman–Crippen MR) is 75.5 cm³/mol. The topological polar surface area (TPSA) is 88.2 Å². The summed E-state index contributed by atoms with van der Waals surface area (Å²) in [5, 5.41) is 4.20. The van der Waals surface area contributed by atoms with Crippen LogP contribution in [0.5, 0.6) is 0 Å². The molecule has 102 valence electrons. The lowest BCUT2D eigenvalue weighted by atomic mass is 10.2. The molecule has 0 aromatic carbocycles. The molecule has 1 amide bonds. The number of nitrogens with zero attached hydrogens (tertiary/aromatic N) is 1. The van der Waals surface area contributed by atoms with Crippen LogP contribution in [-0.2, 0) is 14.8 Å². The van der Waals surface area contributed by atoms with Crippen LogP contribution in [0.4, 0.5) is 5.82 Å². The summed E-state index contributed by atoms with van der Waals surface area (Å²) in [7, 11) is -3.67.